The van der Waals surface area contributed by atoms with Crippen LogP contribution in [0, 0.1) is 5.82 Å². The zero-order chi connectivity index (χ0) is 12.0. The molecule has 0 fully saturated rings. The Balaban J connectivity index is 2.34. The highest BCUT2D eigenvalue weighted by atomic mass is 35.5. The number of benzene rings is 1. The molecule has 1 aromatic rings. The number of nitrogens with one attached hydrogen (secondary N) is 1. The summed E-state index contributed by atoms with van der Waals surface area (Å²) in [5, 5.41) is 3.56. The number of rotatable bonds is 6. The summed E-state index contributed by atoms with van der Waals surface area (Å²) in [7, 11) is 0. The topological polar surface area (TPSA) is 12.0 Å². The molecule has 0 spiro atoms. The van der Waals surface area contributed by atoms with Crippen molar-refractivity contribution < 1.29 is 4.39 Å². The average Bonchev–Trinajstić information content (AvgIpc) is 2.24. The van der Waals surface area contributed by atoms with Crippen molar-refractivity contribution in [2.45, 2.75) is 39.2 Å². The first-order chi connectivity index (χ1) is 7.63. The van der Waals surface area contributed by atoms with Crippen molar-refractivity contribution in [3.05, 3.63) is 34.6 Å². The van der Waals surface area contributed by atoms with Crippen LogP contribution in [0.4, 0.5) is 4.39 Å². The Morgan fingerprint density at radius 2 is 2.19 bits per heavy atom. The fraction of sp³-hybridized carbons (Fsp3) is 0.538. The Hall–Kier alpha value is -0.600. The molecule has 0 saturated heterocycles. The molecule has 1 aromatic carbocycles. The second-order valence-corrected chi connectivity index (χ2v) is 4.51. The number of hydrogen-bond donors (Lipinski definition) is 1. The molecule has 0 aliphatic heterocycles. The first-order valence-corrected chi connectivity index (χ1v) is 6.18. The fourth-order valence-electron chi connectivity index (χ4n) is 1.76. The Bertz CT molecular complexity index is 328. The molecule has 0 aromatic heterocycles. The lowest BCUT2D eigenvalue weighted by atomic mass is 10.1. The van der Waals surface area contributed by atoms with Crippen LogP contribution in [0.25, 0.3) is 0 Å². The number of halogens is 2. The molecule has 0 aliphatic rings. The summed E-state index contributed by atoms with van der Waals surface area (Å²) in [5.74, 6) is -0.320. The fourth-order valence-corrected chi connectivity index (χ4v) is 1.88. The van der Waals surface area contributed by atoms with Crippen LogP contribution in [-0.2, 0) is 6.42 Å². The van der Waals surface area contributed by atoms with E-state index in [2.05, 4.69) is 19.2 Å². The van der Waals surface area contributed by atoms with Gasteiger partial charge in [0.2, 0.25) is 0 Å². The molecule has 0 radical (unpaired) electrons. The van der Waals surface area contributed by atoms with E-state index in [-0.39, 0.29) is 10.8 Å². The molecule has 0 bridgehead atoms. The second-order valence-electron chi connectivity index (χ2n) is 4.10. The minimum atomic E-state index is -0.320. The molecule has 0 saturated carbocycles. The normalized spacial score (nSPS) is 12.8. The maximum atomic E-state index is 13.1. The first kappa shape index (κ1) is 13.5. The zero-order valence-electron chi connectivity index (χ0n) is 9.89. The van der Waals surface area contributed by atoms with Crippen LogP contribution in [0.15, 0.2) is 18.2 Å². The van der Waals surface area contributed by atoms with Crippen LogP contribution in [-0.4, -0.2) is 12.6 Å². The SMILES string of the molecule is CCNC(C)CCCc1ccc(Cl)c(F)c1. The lowest BCUT2D eigenvalue weighted by molar-refractivity contribution is 0.512. The largest absolute Gasteiger partial charge is 0.315 e. The van der Waals surface area contributed by atoms with Crippen molar-refractivity contribution in [2.75, 3.05) is 6.54 Å². The Kier molecular flexibility index (Phi) is 5.78. The molecule has 0 aliphatic carbocycles. The van der Waals surface area contributed by atoms with Crippen molar-refractivity contribution >= 4 is 11.6 Å². The Morgan fingerprint density at radius 3 is 2.81 bits per heavy atom. The van der Waals surface area contributed by atoms with Gasteiger partial charge in [0.25, 0.3) is 0 Å². The summed E-state index contributed by atoms with van der Waals surface area (Å²) >= 11 is 5.62. The lowest BCUT2D eigenvalue weighted by Gasteiger charge is -2.11. The number of aryl methyl sites for hydroxylation is 1. The van der Waals surface area contributed by atoms with E-state index in [9.17, 15) is 4.39 Å². The van der Waals surface area contributed by atoms with Gasteiger partial charge in [-0.05, 0) is 50.4 Å². The molecule has 1 atom stereocenters. The quantitative estimate of drug-likeness (QED) is 0.802. The van der Waals surface area contributed by atoms with Gasteiger partial charge in [0.05, 0.1) is 5.02 Å². The predicted octanol–water partition coefficient (Wildman–Crippen LogP) is 3.80. The molecule has 1 N–H and O–H groups in total. The number of hydrogen-bond acceptors (Lipinski definition) is 1. The van der Waals surface area contributed by atoms with Crippen LogP contribution in [0.1, 0.15) is 32.3 Å². The van der Waals surface area contributed by atoms with Gasteiger partial charge in [0.15, 0.2) is 0 Å². The van der Waals surface area contributed by atoms with Gasteiger partial charge in [-0.25, -0.2) is 4.39 Å². The van der Waals surface area contributed by atoms with E-state index in [0.29, 0.717) is 6.04 Å². The highest BCUT2D eigenvalue weighted by Gasteiger charge is 2.03. The van der Waals surface area contributed by atoms with Crippen molar-refractivity contribution in [3.63, 3.8) is 0 Å². The van der Waals surface area contributed by atoms with Gasteiger partial charge in [0.1, 0.15) is 5.82 Å². The van der Waals surface area contributed by atoms with Crippen molar-refractivity contribution in [1.29, 1.82) is 0 Å². The lowest BCUT2D eigenvalue weighted by Crippen LogP contribution is -2.25. The van der Waals surface area contributed by atoms with Crippen molar-refractivity contribution in [1.82, 2.24) is 5.32 Å². The Labute approximate surface area is 102 Å². The third kappa shape index (κ3) is 4.50. The minimum Gasteiger partial charge on any atom is -0.315 e. The van der Waals surface area contributed by atoms with Gasteiger partial charge in [0, 0.05) is 6.04 Å². The summed E-state index contributed by atoms with van der Waals surface area (Å²) < 4.78 is 13.1. The van der Waals surface area contributed by atoms with Gasteiger partial charge < -0.3 is 5.32 Å². The zero-order valence-corrected chi connectivity index (χ0v) is 10.6. The highest BCUT2D eigenvalue weighted by Crippen LogP contribution is 2.17. The van der Waals surface area contributed by atoms with E-state index in [4.69, 9.17) is 11.6 Å². The molecular weight excluding hydrogens is 225 g/mol. The third-order valence-corrected chi connectivity index (χ3v) is 2.95. The van der Waals surface area contributed by atoms with Gasteiger partial charge in [-0.1, -0.05) is 24.6 Å². The van der Waals surface area contributed by atoms with E-state index in [0.717, 1.165) is 31.4 Å². The summed E-state index contributed by atoms with van der Waals surface area (Å²) in [4.78, 5) is 0. The molecule has 0 amide bonds. The van der Waals surface area contributed by atoms with Crippen LogP contribution in [0.5, 0.6) is 0 Å². The van der Waals surface area contributed by atoms with Crippen molar-refractivity contribution in [2.24, 2.45) is 0 Å². The van der Waals surface area contributed by atoms with Crippen LogP contribution < -0.4 is 5.32 Å². The van der Waals surface area contributed by atoms with E-state index in [1.54, 1.807) is 6.07 Å². The van der Waals surface area contributed by atoms with Crippen LogP contribution in [0.3, 0.4) is 0 Å². The smallest absolute Gasteiger partial charge is 0.142 e. The standard InChI is InChI=1S/C13H19ClFN/c1-3-16-10(2)5-4-6-11-7-8-12(14)13(15)9-11/h7-10,16H,3-6H2,1-2H3. The highest BCUT2D eigenvalue weighted by molar-refractivity contribution is 6.30. The maximum Gasteiger partial charge on any atom is 0.142 e. The summed E-state index contributed by atoms with van der Waals surface area (Å²) in [6, 6.07) is 5.57. The molecule has 1 rings (SSSR count). The van der Waals surface area contributed by atoms with E-state index >= 15 is 0 Å². The minimum absolute atomic E-state index is 0.199. The van der Waals surface area contributed by atoms with Crippen LogP contribution in [0.2, 0.25) is 5.02 Å². The second kappa shape index (κ2) is 6.87. The molecular formula is C13H19ClFN. The van der Waals surface area contributed by atoms with E-state index < -0.39 is 0 Å². The molecule has 3 heteroatoms. The summed E-state index contributed by atoms with van der Waals surface area (Å²) in [5.41, 5.74) is 1.02. The monoisotopic (exact) mass is 243 g/mol. The van der Waals surface area contributed by atoms with Gasteiger partial charge in [-0.2, -0.15) is 0 Å². The molecule has 16 heavy (non-hydrogen) atoms. The predicted molar refractivity (Wildman–Crippen MR) is 67.5 cm³/mol. The summed E-state index contributed by atoms with van der Waals surface area (Å²) in [6.07, 6.45) is 3.08. The molecule has 0 heterocycles. The average molecular weight is 244 g/mol. The van der Waals surface area contributed by atoms with Crippen molar-refractivity contribution in [3.8, 4) is 0 Å². The van der Waals surface area contributed by atoms with E-state index in [1.165, 1.54) is 6.07 Å². The maximum absolute atomic E-state index is 13.1. The van der Waals surface area contributed by atoms with Crippen LogP contribution >= 0.6 is 11.6 Å². The Morgan fingerprint density at radius 1 is 1.44 bits per heavy atom. The van der Waals surface area contributed by atoms with E-state index in [1.807, 2.05) is 6.07 Å². The first-order valence-electron chi connectivity index (χ1n) is 5.80. The van der Waals surface area contributed by atoms with Gasteiger partial charge in [-0.15, -0.1) is 0 Å². The summed E-state index contributed by atoms with van der Waals surface area (Å²) in [6.45, 7) is 5.27. The third-order valence-electron chi connectivity index (χ3n) is 2.64. The molecule has 1 unspecified atom stereocenters. The van der Waals surface area contributed by atoms with Gasteiger partial charge >= 0.3 is 0 Å². The van der Waals surface area contributed by atoms with Gasteiger partial charge in [-0.3, -0.25) is 0 Å². The molecule has 1 nitrogen and oxygen atoms in total. The molecule has 90 valence electrons.